The summed E-state index contributed by atoms with van der Waals surface area (Å²) < 4.78 is 0. The molecule has 2 nitrogen and oxygen atoms in total. The maximum atomic E-state index is 4.71. The lowest BCUT2D eigenvalue weighted by Gasteiger charge is -2.19. The number of hydrogen-bond acceptors (Lipinski definition) is 1. The fourth-order valence-corrected chi connectivity index (χ4v) is 3.26. The van der Waals surface area contributed by atoms with Crippen LogP contribution in [0.25, 0.3) is 0 Å². The van der Waals surface area contributed by atoms with Crippen LogP contribution in [0.5, 0.6) is 0 Å². The average Bonchev–Trinajstić information content (AvgIpc) is 2.49. The van der Waals surface area contributed by atoms with Crippen LogP contribution in [0.2, 0.25) is 0 Å². The molecule has 2 aromatic rings. The number of aliphatic imine (C=N–C) groups is 1. The van der Waals surface area contributed by atoms with Crippen molar-refractivity contribution in [2.24, 2.45) is 4.99 Å². The van der Waals surface area contributed by atoms with Crippen LogP contribution in [-0.4, -0.2) is 6.34 Å². The van der Waals surface area contributed by atoms with Gasteiger partial charge in [0.05, 0.1) is 12.0 Å². The van der Waals surface area contributed by atoms with Crippen molar-refractivity contribution in [1.82, 2.24) is 0 Å². The molecule has 1 N–H and O–H groups in total. The molecule has 0 saturated carbocycles. The predicted octanol–water partition coefficient (Wildman–Crippen LogP) is 6.63. The van der Waals surface area contributed by atoms with E-state index in [1.54, 1.807) is 0 Å². The van der Waals surface area contributed by atoms with Crippen LogP contribution in [0.3, 0.4) is 0 Å². The Kier molecular flexibility index (Phi) is 5.82. The molecule has 0 bridgehead atoms. The molecular formula is C22H30N2. The summed E-state index contributed by atoms with van der Waals surface area (Å²) in [5, 5.41) is 3.47. The Bertz CT molecular complexity index is 690. The summed E-state index contributed by atoms with van der Waals surface area (Å²) >= 11 is 0. The van der Waals surface area contributed by atoms with Gasteiger partial charge in [0.1, 0.15) is 0 Å². The van der Waals surface area contributed by atoms with Crippen LogP contribution in [0, 0.1) is 20.8 Å². The van der Waals surface area contributed by atoms with Crippen LogP contribution in [0.4, 0.5) is 11.4 Å². The van der Waals surface area contributed by atoms with Gasteiger partial charge < -0.3 is 5.32 Å². The normalized spacial score (nSPS) is 11.7. The number of hydrogen-bond donors (Lipinski definition) is 1. The van der Waals surface area contributed by atoms with E-state index < -0.39 is 0 Å². The zero-order valence-corrected chi connectivity index (χ0v) is 16.1. The predicted molar refractivity (Wildman–Crippen MR) is 107 cm³/mol. The Balaban J connectivity index is 2.35. The Hall–Kier alpha value is -2.09. The second-order valence-corrected chi connectivity index (χ2v) is 7.27. The smallest absolute Gasteiger partial charge is 0.0930 e. The third-order valence-electron chi connectivity index (χ3n) is 4.41. The number of rotatable bonds is 5. The highest BCUT2D eigenvalue weighted by Gasteiger charge is 2.12. The SMILES string of the molecule is Cc1cc(C)c(N=CNc2c(C(C)C)cccc2C(C)C)c(C)c1. The number of nitrogens with zero attached hydrogens (tertiary/aromatic N) is 1. The summed E-state index contributed by atoms with van der Waals surface area (Å²) in [4.78, 5) is 4.71. The van der Waals surface area contributed by atoms with Gasteiger partial charge in [-0.05, 0) is 54.9 Å². The molecule has 2 heteroatoms. The van der Waals surface area contributed by atoms with Gasteiger partial charge in [0.15, 0.2) is 0 Å². The van der Waals surface area contributed by atoms with Crippen molar-refractivity contribution in [2.75, 3.05) is 5.32 Å². The van der Waals surface area contributed by atoms with Crippen molar-refractivity contribution < 1.29 is 0 Å². The van der Waals surface area contributed by atoms with Crippen molar-refractivity contribution in [3.63, 3.8) is 0 Å². The van der Waals surface area contributed by atoms with Gasteiger partial charge in [-0.15, -0.1) is 0 Å². The standard InChI is InChI=1S/C22H30N2/c1-14(2)19-9-8-10-20(15(3)4)22(19)24-13-23-21-17(6)11-16(5)12-18(21)7/h8-15H,1-7H3,(H,23,24). The fraction of sp³-hybridized carbons (Fsp3) is 0.409. The van der Waals surface area contributed by atoms with Crippen LogP contribution in [-0.2, 0) is 0 Å². The van der Waals surface area contributed by atoms with Crippen molar-refractivity contribution in [3.8, 4) is 0 Å². The van der Waals surface area contributed by atoms with Gasteiger partial charge in [-0.3, -0.25) is 0 Å². The van der Waals surface area contributed by atoms with Crippen molar-refractivity contribution >= 4 is 17.7 Å². The first-order chi connectivity index (χ1) is 11.3. The number of benzene rings is 2. The molecule has 0 aromatic heterocycles. The molecule has 128 valence electrons. The van der Waals surface area contributed by atoms with E-state index in [0.29, 0.717) is 11.8 Å². The molecular weight excluding hydrogens is 292 g/mol. The van der Waals surface area contributed by atoms with E-state index in [-0.39, 0.29) is 0 Å². The van der Waals surface area contributed by atoms with Crippen LogP contribution < -0.4 is 5.32 Å². The Labute approximate surface area is 147 Å². The van der Waals surface area contributed by atoms with E-state index in [1.165, 1.54) is 33.5 Å². The van der Waals surface area contributed by atoms with E-state index in [9.17, 15) is 0 Å². The van der Waals surface area contributed by atoms with Gasteiger partial charge in [0, 0.05) is 5.69 Å². The molecule has 24 heavy (non-hydrogen) atoms. The van der Waals surface area contributed by atoms with E-state index in [2.05, 4.69) is 84.1 Å². The quantitative estimate of drug-likeness (QED) is 0.485. The highest BCUT2D eigenvalue weighted by Crippen LogP contribution is 2.32. The van der Waals surface area contributed by atoms with E-state index in [4.69, 9.17) is 4.99 Å². The molecule has 0 aliphatic rings. The first kappa shape index (κ1) is 18.3. The second kappa shape index (κ2) is 7.65. The van der Waals surface area contributed by atoms with Gasteiger partial charge in [0.25, 0.3) is 0 Å². The zero-order chi connectivity index (χ0) is 17.9. The van der Waals surface area contributed by atoms with E-state index in [1.807, 2.05) is 6.34 Å². The Morgan fingerprint density at radius 2 is 1.38 bits per heavy atom. The molecule has 0 saturated heterocycles. The third kappa shape index (κ3) is 4.05. The molecule has 0 aliphatic heterocycles. The molecule has 0 atom stereocenters. The first-order valence-electron chi connectivity index (χ1n) is 8.81. The Morgan fingerprint density at radius 1 is 0.875 bits per heavy atom. The molecule has 0 aliphatic carbocycles. The number of para-hydroxylation sites is 1. The summed E-state index contributed by atoms with van der Waals surface area (Å²) in [6.45, 7) is 15.3. The van der Waals surface area contributed by atoms with Crippen LogP contribution in [0.15, 0.2) is 35.3 Å². The maximum absolute atomic E-state index is 4.71. The van der Waals surface area contributed by atoms with Gasteiger partial charge in [-0.25, -0.2) is 4.99 Å². The minimum atomic E-state index is 0.474. The molecule has 0 amide bonds. The summed E-state index contributed by atoms with van der Waals surface area (Å²) in [6.07, 6.45) is 1.84. The lowest BCUT2D eigenvalue weighted by molar-refractivity contribution is 0.839. The zero-order valence-electron chi connectivity index (χ0n) is 16.1. The summed E-state index contributed by atoms with van der Waals surface area (Å²) in [5.41, 5.74) is 8.65. The first-order valence-corrected chi connectivity index (χ1v) is 8.81. The van der Waals surface area contributed by atoms with Crippen LogP contribution >= 0.6 is 0 Å². The molecule has 0 radical (unpaired) electrons. The van der Waals surface area contributed by atoms with Crippen LogP contribution in [0.1, 0.15) is 67.3 Å². The molecule has 0 spiro atoms. The number of anilines is 1. The summed E-state index contributed by atoms with van der Waals surface area (Å²) in [6, 6.07) is 10.9. The minimum Gasteiger partial charge on any atom is -0.346 e. The molecule has 2 rings (SSSR count). The van der Waals surface area contributed by atoms with Gasteiger partial charge in [-0.2, -0.15) is 0 Å². The number of aryl methyl sites for hydroxylation is 3. The molecule has 2 aromatic carbocycles. The Morgan fingerprint density at radius 3 is 1.83 bits per heavy atom. The minimum absolute atomic E-state index is 0.474. The summed E-state index contributed by atoms with van der Waals surface area (Å²) in [5.74, 6) is 0.949. The highest BCUT2D eigenvalue weighted by molar-refractivity contribution is 5.82. The molecule has 0 unspecified atom stereocenters. The van der Waals surface area contributed by atoms with Crippen molar-refractivity contribution in [3.05, 3.63) is 58.1 Å². The largest absolute Gasteiger partial charge is 0.346 e. The monoisotopic (exact) mass is 322 g/mol. The highest BCUT2D eigenvalue weighted by atomic mass is 15.0. The molecule has 0 fully saturated rings. The summed E-state index contributed by atoms with van der Waals surface area (Å²) in [7, 11) is 0. The molecule has 0 heterocycles. The lowest BCUT2D eigenvalue weighted by Crippen LogP contribution is -2.06. The fourth-order valence-electron chi connectivity index (χ4n) is 3.26. The topological polar surface area (TPSA) is 24.4 Å². The van der Waals surface area contributed by atoms with Gasteiger partial charge >= 0.3 is 0 Å². The van der Waals surface area contributed by atoms with Crippen molar-refractivity contribution in [1.29, 1.82) is 0 Å². The van der Waals surface area contributed by atoms with E-state index in [0.717, 1.165) is 5.69 Å². The van der Waals surface area contributed by atoms with Gasteiger partial charge in [-0.1, -0.05) is 63.6 Å². The van der Waals surface area contributed by atoms with E-state index >= 15 is 0 Å². The third-order valence-corrected chi connectivity index (χ3v) is 4.41. The second-order valence-electron chi connectivity index (χ2n) is 7.27. The number of nitrogens with one attached hydrogen (secondary N) is 1. The van der Waals surface area contributed by atoms with Crippen molar-refractivity contribution in [2.45, 2.75) is 60.3 Å². The maximum Gasteiger partial charge on any atom is 0.0930 e. The average molecular weight is 322 g/mol. The lowest BCUT2D eigenvalue weighted by atomic mass is 9.93. The van der Waals surface area contributed by atoms with Gasteiger partial charge in [0.2, 0.25) is 0 Å².